The van der Waals surface area contributed by atoms with Crippen molar-refractivity contribution in [3.63, 3.8) is 0 Å². The van der Waals surface area contributed by atoms with Crippen LogP contribution < -0.4 is 5.32 Å². The molecule has 0 atom stereocenters. The van der Waals surface area contributed by atoms with E-state index >= 15 is 0 Å². The molecule has 124 valence electrons. The summed E-state index contributed by atoms with van der Waals surface area (Å²) in [5, 5.41) is 3.44. The minimum Gasteiger partial charge on any atom is -0.454 e. The van der Waals surface area contributed by atoms with E-state index in [4.69, 9.17) is 9.15 Å². The highest BCUT2D eigenvalue weighted by Crippen LogP contribution is 2.19. The summed E-state index contributed by atoms with van der Waals surface area (Å²) < 4.78 is 11.9. The van der Waals surface area contributed by atoms with Crippen molar-refractivity contribution in [1.82, 2.24) is 10.2 Å². The smallest absolute Gasteiger partial charge is 0.410 e. The maximum absolute atomic E-state index is 12.0. The lowest BCUT2D eigenvalue weighted by atomic mass is 9.97. The maximum atomic E-state index is 12.0. The zero-order valence-electron chi connectivity index (χ0n) is 13.5. The first kappa shape index (κ1) is 17.6. The minimum atomic E-state index is -0.421. The number of hydrogen-bond acceptors (Lipinski definition) is 4. The van der Waals surface area contributed by atoms with Gasteiger partial charge in [0.15, 0.2) is 3.77 Å². The Morgan fingerprint density at radius 1 is 1.41 bits per heavy atom. The molecule has 1 N–H and O–H groups in total. The van der Waals surface area contributed by atoms with E-state index in [2.05, 4.69) is 27.9 Å². The van der Waals surface area contributed by atoms with E-state index in [-0.39, 0.29) is 6.09 Å². The normalized spacial score (nSPS) is 16.8. The number of carbonyl (C=O) groups excluding carboxylic acids is 1. The average molecular weight is 420 g/mol. The van der Waals surface area contributed by atoms with Gasteiger partial charge >= 0.3 is 6.09 Å². The Kier molecular flexibility index (Phi) is 6.14. The largest absolute Gasteiger partial charge is 0.454 e. The van der Waals surface area contributed by atoms with Crippen LogP contribution in [-0.2, 0) is 11.3 Å². The molecule has 6 heteroatoms. The molecule has 2 heterocycles. The molecule has 0 aliphatic carbocycles. The standard InChI is InChI=1S/C16H25IN2O3/c1-16(2,3)22-15(20)19-8-6-12(7-9-19)10-18-11-13-4-5-14(17)21-13/h4-5,12,18H,6-11H2,1-3H3. The van der Waals surface area contributed by atoms with Gasteiger partial charge in [-0.15, -0.1) is 0 Å². The van der Waals surface area contributed by atoms with Gasteiger partial charge < -0.3 is 19.4 Å². The third kappa shape index (κ3) is 5.79. The maximum Gasteiger partial charge on any atom is 0.410 e. The average Bonchev–Trinajstić information content (AvgIpc) is 2.83. The molecule has 2 rings (SSSR count). The highest BCUT2D eigenvalue weighted by atomic mass is 127. The second kappa shape index (κ2) is 7.68. The van der Waals surface area contributed by atoms with Crippen molar-refractivity contribution in [2.24, 2.45) is 5.92 Å². The predicted octanol–water partition coefficient (Wildman–Crippen LogP) is 3.62. The van der Waals surface area contributed by atoms with Gasteiger partial charge in [-0.05, 0) is 80.8 Å². The quantitative estimate of drug-likeness (QED) is 0.757. The van der Waals surface area contributed by atoms with Gasteiger partial charge in [0.05, 0.1) is 6.54 Å². The molecule has 0 bridgehead atoms. The molecule has 0 radical (unpaired) electrons. The Morgan fingerprint density at radius 2 is 2.09 bits per heavy atom. The Balaban J connectivity index is 1.65. The van der Waals surface area contributed by atoms with Crippen LogP contribution in [0.1, 0.15) is 39.4 Å². The second-order valence-corrected chi connectivity index (χ2v) is 7.81. The van der Waals surface area contributed by atoms with Crippen LogP contribution in [0.4, 0.5) is 4.79 Å². The van der Waals surface area contributed by atoms with Crippen LogP contribution in [0.2, 0.25) is 0 Å². The number of likely N-dealkylation sites (tertiary alicyclic amines) is 1. The van der Waals surface area contributed by atoms with Gasteiger partial charge in [-0.3, -0.25) is 0 Å². The van der Waals surface area contributed by atoms with Crippen molar-refractivity contribution in [3.05, 3.63) is 21.7 Å². The van der Waals surface area contributed by atoms with Crippen molar-refractivity contribution < 1.29 is 13.9 Å². The number of carbonyl (C=O) groups is 1. The first-order valence-corrected chi connectivity index (χ1v) is 8.84. The topological polar surface area (TPSA) is 54.7 Å². The molecular weight excluding hydrogens is 395 g/mol. The molecule has 0 saturated carbocycles. The molecule has 1 aliphatic rings. The Labute approximate surface area is 145 Å². The molecular formula is C16H25IN2O3. The van der Waals surface area contributed by atoms with Crippen molar-refractivity contribution >= 4 is 28.7 Å². The Morgan fingerprint density at radius 3 is 2.64 bits per heavy atom. The Bertz CT molecular complexity index is 488. The predicted molar refractivity (Wildman–Crippen MR) is 93.7 cm³/mol. The van der Waals surface area contributed by atoms with Gasteiger partial charge in [0.25, 0.3) is 0 Å². The number of hydrogen-bond donors (Lipinski definition) is 1. The highest BCUT2D eigenvalue weighted by Gasteiger charge is 2.26. The van der Waals surface area contributed by atoms with E-state index in [1.807, 2.05) is 37.8 Å². The van der Waals surface area contributed by atoms with E-state index in [0.29, 0.717) is 5.92 Å². The summed E-state index contributed by atoms with van der Waals surface area (Å²) >= 11 is 2.17. The van der Waals surface area contributed by atoms with Crippen LogP contribution in [0.15, 0.2) is 16.5 Å². The number of halogens is 1. The lowest BCUT2D eigenvalue weighted by molar-refractivity contribution is 0.0184. The van der Waals surface area contributed by atoms with E-state index < -0.39 is 5.60 Å². The monoisotopic (exact) mass is 420 g/mol. The third-order valence-corrected chi connectivity index (χ3v) is 4.21. The van der Waals surface area contributed by atoms with Crippen molar-refractivity contribution in [3.8, 4) is 0 Å². The van der Waals surface area contributed by atoms with Crippen LogP contribution >= 0.6 is 22.6 Å². The molecule has 5 nitrogen and oxygen atoms in total. The summed E-state index contributed by atoms with van der Waals surface area (Å²) in [6.45, 7) is 8.97. The van der Waals surface area contributed by atoms with Crippen LogP contribution in [0.5, 0.6) is 0 Å². The molecule has 0 aromatic carbocycles. The van der Waals surface area contributed by atoms with E-state index in [1.165, 1.54) is 0 Å². The Hall–Kier alpha value is -0.760. The molecule has 1 amide bonds. The fraction of sp³-hybridized carbons (Fsp3) is 0.688. The van der Waals surface area contributed by atoms with Crippen molar-refractivity contribution in [1.29, 1.82) is 0 Å². The second-order valence-electron chi connectivity index (χ2n) is 6.75. The van der Waals surface area contributed by atoms with Gasteiger partial charge in [-0.1, -0.05) is 0 Å². The SMILES string of the molecule is CC(C)(C)OC(=O)N1CCC(CNCc2ccc(I)o2)CC1. The summed E-state index contributed by atoms with van der Waals surface area (Å²) in [6, 6.07) is 3.97. The summed E-state index contributed by atoms with van der Waals surface area (Å²) in [4.78, 5) is 13.8. The van der Waals surface area contributed by atoms with Crippen molar-refractivity contribution in [2.75, 3.05) is 19.6 Å². The summed E-state index contributed by atoms with van der Waals surface area (Å²) in [7, 11) is 0. The van der Waals surface area contributed by atoms with Gasteiger partial charge in [-0.25, -0.2) is 4.79 Å². The van der Waals surface area contributed by atoms with E-state index in [9.17, 15) is 4.79 Å². The summed E-state index contributed by atoms with van der Waals surface area (Å²) in [6.07, 6.45) is 1.84. The van der Waals surface area contributed by atoms with E-state index in [0.717, 1.165) is 48.5 Å². The number of amides is 1. The lowest BCUT2D eigenvalue weighted by Gasteiger charge is -2.33. The molecule has 0 unspecified atom stereocenters. The third-order valence-electron chi connectivity index (χ3n) is 3.63. The van der Waals surface area contributed by atoms with Crippen LogP contribution in [-0.4, -0.2) is 36.2 Å². The zero-order chi connectivity index (χ0) is 16.2. The number of nitrogens with zero attached hydrogens (tertiary/aromatic N) is 1. The molecule has 1 aromatic rings. The summed E-state index contributed by atoms with van der Waals surface area (Å²) in [5.41, 5.74) is -0.421. The van der Waals surface area contributed by atoms with Crippen LogP contribution in [0.3, 0.4) is 0 Å². The number of furan rings is 1. The fourth-order valence-corrected chi connectivity index (χ4v) is 2.96. The zero-order valence-corrected chi connectivity index (χ0v) is 15.7. The molecule has 1 aliphatic heterocycles. The van der Waals surface area contributed by atoms with E-state index in [1.54, 1.807) is 0 Å². The van der Waals surface area contributed by atoms with Gasteiger partial charge in [0, 0.05) is 13.1 Å². The fourth-order valence-electron chi connectivity index (χ4n) is 2.49. The highest BCUT2D eigenvalue weighted by molar-refractivity contribution is 14.1. The van der Waals surface area contributed by atoms with Gasteiger partial charge in [-0.2, -0.15) is 0 Å². The van der Waals surface area contributed by atoms with Crippen LogP contribution in [0.25, 0.3) is 0 Å². The van der Waals surface area contributed by atoms with Crippen LogP contribution in [0, 0.1) is 9.68 Å². The first-order chi connectivity index (χ1) is 10.3. The van der Waals surface area contributed by atoms with Crippen molar-refractivity contribution in [2.45, 2.75) is 45.8 Å². The lowest BCUT2D eigenvalue weighted by Crippen LogP contribution is -2.43. The molecule has 1 fully saturated rings. The minimum absolute atomic E-state index is 0.191. The number of ether oxygens (including phenoxy) is 1. The van der Waals surface area contributed by atoms with Gasteiger partial charge in [0.2, 0.25) is 0 Å². The first-order valence-electron chi connectivity index (χ1n) is 7.76. The molecule has 0 spiro atoms. The number of rotatable bonds is 4. The molecule has 22 heavy (non-hydrogen) atoms. The molecule has 1 aromatic heterocycles. The molecule has 1 saturated heterocycles. The number of piperidine rings is 1. The summed E-state index contributed by atoms with van der Waals surface area (Å²) in [5.74, 6) is 1.57. The number of nitrogens with one attached hydrogen (secondary N) is 1. The van der Waals surface area contributed by atoms with Gasteiger partial charge in [0.1, 0.15) is 11.4 Å².